The fourth-order valence-corrected chi connectivity index (χ4v) is 12.2. The number of unbranched alkanes of at least 4 members (excludes halogenated alkanes) is 47. The van der Waals surface area contributed by atoms with E-state index in [4.69, 9.17) is 14.2 Å². The number of esters is 1. The molecule has 1 saturated heterocycles. The summed E-state index contributed by atoms with van der Waals surface area (Å²) in [5, 5.41) is 57.3. The summed E-state index contributed by atoms with van der Waals surface area (Å²) in [6, 6.07) is -1.02. The number of hydrogen-bond acceptors (Lipinski definition) is 10. The van der Waals surface area contributed by atoms with Gasteiger partial charge in [0.15, 0.2) is 12.4 Å². The molecule has 0 aromatic carbocycles. The van der Waals surface area contributed by atoms with Crippen molar-refractivity contribution in [3.63, 3.8) is 0 Å². The summed E-state index contributed by atoms with van der Waals surface area (Å²) < 4.78 is 17.7. The molecule has 0 radical (unpaired) electrons. The van der Waals surface area contributed by atoms with Crippen LogP contribution in [0.25, 0.3) is 0 Å². The van der Waals surface area contributed by atoms with Crippen LogP contribution in [0.15, 0.2) is 48.6 Å². The molecule has 11 nitrogen and oxygen atoms in total. The van der Waals surface area contributed by atoms with Gasteiger partial charge in [-0.15, -0.1) is 0 Å². The zero-order valence-electron chi connectivity index (χ0n) is 58.3. The Labute approximate surface area is 548 Å². The molecular weight excluding hydrogens is 1110 g/mol. The summed E-state index contributed by atoms with van der Waals surface area (Å²) in [5.41, 5.74) is 0. The molecular formula is C78H145NO10. The second-order valence-corrected chi connectivity index (χ2v) is 26.7. The lowest BCUT2D eigenvalue weighted by atomic mass is 9.99. The smallest absolute Gasteiger partial charge is 0.306 e. The quantitative estimate of drug-likeness (QED) is 0.0195. The highest BCUT2D eigenvalue weighted by molar-refractivity contribution is 5.80. The maximum absolute atomic E-state index is 13.5. The van der Waals surface area contributed by atoms with Crippen LogP contribution in [0.1, 0.15) is 374 Å². The molecule has 0 spiro atoms. The second kappa shape index (κ2) is 65.7. The van der Waals surface area contributed by atoms with Crippen LogP contribution >= 0.6 is 0 Å². The van der Waals surface area contributed by atoms with Gasteiger partial charge in [0.05, 0.1) is 25.4 Å². The van der Waals surface area contributed by atoms with E-state index in [0.29, 0.717) is 19.3 Å². The van der Waals surface area contributed by atoms with Crippen molar-refractivity contribution in [1.82, 2.24) is 5.32 Å². The second-order valence-electron chi connectivity index (χ2n) is 26.7. The molecule has 1 rings (SSSR count). The lowest BCUT2D eigenvalue weighted by molar-refractivity contribution is -0.305. The highest BCUT2D eigenvalue weighted by Gasteiger charge is 2.47. The van der Waals surface area contributed by atoms with Crippen molar-refractivity contribution < 1.29 is 49.3 Å². The standard InChI is InChI=1S/C78H145NO10/c1-4-7-10-13-16-19-22-24-26-28-30-32-34-35-36-37-38-40-42-44-46-48-51-54-57-60-63-66-73(83)89-76-75(85)74(84)72(67-80)88-78(76)87-68-69(70(81)64-61-58-55-52-49-21-18-15-12-9-6-3)79-77(86)71(82)65-62-59-56-53-50-47-45-43-41-39-33-31-29-27-25-23-20-17-14-11-8-5-2/h17,20,24-27,61,64,69-72,74-76,78,80-82,84-85H,4-16,18-19,21-23,28-60,62-63,65-68H2,1-3H3,(H,79,86)/b20-17-,26-24+,27-25-,64-61+. The highest BCUT2D eigenvalue weighted by atomic mass is 16.7. The van der Waals surface area contributed by atoms with Gasteiger partial charge in [0.2, 0.25) is 5.91 Å². The van der Waals surface area contributed by atoms with Crippen LogP contribution < -0.4 is 5.32 Å². The number of aliphatic hydroxyl groups is 5. The van der Waals surface area contributed by atoms with E-state index in [-0.39, 0.29) is 13.0 Å². The molecule has 8 atom stereocenters. The average molecular weight is 1260 g/mol. The van der Waals surface area contributed by atoms with E-state index in [0.717, 1.165) is 64.2 Å². The number of allylic oxidation sites excluding steroid dienone is 7. The molecule has 0 saturated carbocycles. The minimum atomic E-state index is -1.61. The van der Waals surface area contributed by atoms with Crippen molar-refractivity contribution in [1.29, 1.82) is 0 Å². The van der Waals surface area contributed by atoms with Crippen molar-refractivity contribution in [2.24, 2.45) is 0 Å². The van der Waals surface area contributed by atoms with Gasteiger partial charge in [-0.3, -0.25) is 9.59 Å². The lowest BCUT2D eigenvalue weighted by Crippen LogP contribution is -2.61. The van der Waals surface area contributed by atoms with Gasteiger partial charge in [0, 0.05) is 6.42 Å². The highest BCUT2D eigenvalue weighted by Crippen LogP contribution is 2.27. The van der Waals surface area contributed by atoms with Crippen LogP contribution in [-0.4, -0.2) is 99.6 Å². The summed E-state index contributed by atoms with van der Waals surface area (Å²) in [4.78, 5) is 26.7. The molecule has 1 fully saturated rings. The van der Waals surface area contributed by atoms with Crippen molar-refractivity contribution in [2.45, 2.75) is 423 Å². The SMILES string of the molecule is CCCCC/C=C\C/C=C\CCCCCCCCCCCCCCC(O)C(=O)NC(COC1OC(CO)C(O)C(O)C1OC(=O)CCCCCCCCCCCCCCCCCCC/C=C/CCCCCCCC)C(O)/C=C/CCCCCCCCCCC. The molecule has 0 aromatic rings. The van der Waals surface area contributed by atoms with Crippen molar-refractivity contribution >= 4 is 11.9 Å². The van der Waals surface area contributed by atoms with Gasteiger partial charge in [-0.1, -0.05) is 333 Å². The normalized spacial score (nSPS) is 18.3. The topological polar surface area (TPSA) is 175 Å². The molecule has 0 bridgehead atoms. The number of hydrogen-bond donors (Lipinski definition) is 6. The number of ether oxygens (including phenoxy) is 3. The van der Waals surface area contributed by atoms with E-state index in [1.54, 1.807) is 6.08 Å². The van der Waals surface area contributed by atoms with Crippen LogP contribution in [0.2, 0.25) is 0 Å². The van der Waals surface area contributed by atoms with Crippen LogP contribution in [0.4, 0.5) is 0 Å². The Morgan fingerprint density at radius 2 is 0.775 bits per heavy atom. The Hall–Kier alpha value is -2.38. The third kappa shape index (κ3) is 52.7. The summed E-state index contributed by atoms with van der Waals surface area (Å²) >= 11 is 0. The fraction of sp³-hybridized carbons (Fsp3) is 0.872. The molecule has 1 aliphatic rings. The molecule has 6 N–H and O–H groups in total. The van der Waals surface area contributed by atoms with Crippen molar-refractivity contribution in [2.75, 3.05) is 13.2 Å². The fourth-order valence-electron chi connectivity index (χ4n) is 12.2. The minimum absolute atomic E-state index is 0.127. The zero-order valence-corrected chi connectivity index (χ0v) is 58.3. The van der Waals surface area contributed by atoms with Crippen molar-refractivity contribution in [3.8, 4) is 0 Å². The average Bonchev–Trinajstić information content (AvgIpc) is 2.36. The first-order valence-corrected chi connectivity index (χ1v) is 38.4. The Morgan fingerprint density at radius 1 is 0.438 bits per heavy atom. The number of aliphatic hydroxyl groups excluding tert-OH is 5. The van der Waals surface area contributed by atoms with Gasteiger partial charge < -0.3 is 45.1 Å². The molecule has 8 unspecified atom stereocenters. The van der Waals surface area contributed by atoms with Crippen LogP contribution in [0, 0.1) is 0 Å². The zero-order chi connectivity index (χ0) is 64.6. The first kappa shape index (κ1) is 84.6. The van der Waals surface area contributed by atoms with Gasteiger partial charge in [-0.25, -0.2) is 0 Å². The predicted octanol–water partition coefficient (Wildman–Crippen LogP) is 20.3. The van der Waals surface area contributed by atoms with Crippen LogP contribution in [0.3, 0.4) is 0 Å². The molecule has 1 heterocycles. The summed E-state index contributed by atoms with van der Waals surface area (Å²) in [7, 11) is 0. The number of nitrogens with one attached hydrogen (secondary N) is 1. The number of rotatable bonds is 67. The third-order valence-corrected chi connectivity index (χ3v) is 18.2. The largest absolute Gasteiger partial charge is 0.454 e. The van der Waals surface area contributed by atoms with Crippen LogP contribution in [0.5, 0.6) is 0 Å². The molecule has 1 aliphatic heterocycles. The maximum atomic E-state index is 13.5. The molecule has 1 amide bonds. The van der Waals surface area contributed by atoms with Crippen LogP contribution in [-0.2, 0) is 23.8 Å². The molecule has 0 aliphatic carbocycles. The van der Waals surface area contributed by atoms with Gasteiger partial charge in [-0.05, 0) is 83.5 Å². The molecule has 0 aromatic heterocycles. The number of amides is 1. The van der Waals surface area contributed by atoms with Gasteiger partial charge in [0.25, 0.3) is 0 Å². The Bertz CT molecular complexity index is 1640. The molecule has 89 heavy (non-hydrogen) atoms. The first-order chi connectivity index (χ1) is 43.7. The Morgan fingerprint density at radius 3 is 1.18 bits per heavy atom. The number of carbonyl (C=O) groups excluding carboxylic acids is 2. The van der Waals surface area contributed by atoms with E-state index in [1.807, 2.05) is 6.08 Å². The first-order valence-electron chi connectivity index (χ1n) is 38.4. The summed E-state index contributed by atoms with van der Waals surface area (Å²) in [5.74, 6) is -1.18. The molecule has 11 heteroatoms. The number of carbonyl (C=O) groups is 2. The predicted molar refractivity (Wildman–Crippen MR) is 375 cm³/mol. The monoisotopic (exact) mass is 1260 g/mol. The summed E-state index contributed by atoms with van der Waals surface area (Å²) in [6.45, 7) is 5.81. The van der Waals surface area contributed by atoms with E-state index < -0.39 is 67.4 Å². The van der Waals surface area contributed by atoms with E-state index in [9.17, 15) is 35.1 Å². The van der Waals surface area contributed by atoms with Gasteiger partial charge in [0.1, 0.15) is 24.4 Å². The van der Waals surface area contributed by atoms with E-state index in [1.165, 1.54) is 263 Å². The van der Waals surface area contributed by atoms with E-state index in [2.05, 4.69) is 62.5 Å². The van der Waals surface area contributed by atoms with Crippen molar-refractivity contribution in [3.05, 3.63) is 48.6 Å². The van der Waals surface area contributed by atoms with Gasteiger partial charge >= 0.3 is 5.97 Å². The molecule has 522 valence electrons. The summed E-state index contributed by atoms with van der Waals surface area (Å²) in [6.07, 6.45) is 73.1. The third-order valence-electron chi connectivity index (χ3n) is 18.2. The maximum Gasteiger partial charge on any atom is 0.306 e. The van der Waals surface area contributed by atoms with E-state index >= 15 is 0 Å². The van der Waals surface area contributed by atoms with Gasteiger partial charge in [-0.2, -0.15) is 0 Å². The minimum Gasteiger partial charge on any atom is -0.454 e. The lowest BCUT2D eigenvalue weighted by Gasteiger charge is -2.41. The Balaban J connectivity index is 2.48. The Kier molecular flexibility index (Phi) is 62.4.